The van der Waals surface area contributed by atoms with Crippen LogP contribution in [-0.2, 0) is 94.2 Å². The molecule has 11 rings (SSSR count). The molecule has 26 heteroatoms. The molecule has 455 valence electrons. The number of hydrogen-bond donors (Lipinski definition) is 0. The smallest absolute Gasteiger partial charge is 1.00 e. The SMILES string of the molecule is C1COCCOCCOCCOCCOCCO1.C1COCCOCCOCCOCCOCCO1.COCCOC.[K+].[K+].[Nb].[O-2].c1ccc2c3[n-]c(c2c1)/N=c1\[n-]/c(c2ccccc12)=N\c1[n-]c(c2ccccc12)/N=c1\[n-]/c(c2ccccc12)=N\3. The van der Waals surface area contributed by atoms with Crippen molar-refractivity contribution in [2.75, 3.05) is 186 Å². The molecular weight excluding hydrogens is 1240 g/mol. The second-order valence-electron chi connectivity index (χ2n) is 18.0. The van der Waals surface area contributed by atoms with Gasteiger partial charge in [-0.15, -0.1) is 0 Å². The third-order valence-electron chi connectivity index (χ3n) is 12.3. The summed E-state index contributed by atoms with van der Waals surface area (Å²) in [7, 11) is 3.30. The molecule has 2 saturated heterocycles. The maximum atomic E-state index is 5.33. The van der Waals surface area contributed by atoms with Gasteiger partial charge in [-0.25, -0.2) is 0 Å². The van der Waals surface area contributed by atoms with Gasteiger partial charge in [0, 0.05) is 81.8 Å². The molecule has 0 amide bonds. The van der Waals surface area contributed by atoms with E-state index in [1.54, 1.807) is 14.2 Å². The molecule has 0 atom stereocenters. The Labute approximate surface area is 601 Å². The van der Waals surface area contributed by atoms with Gasteiger partial charge in [0.15, 0.2) is 0 Å². The van der Waals surface area contributed by atoms with Crippen LogP contribution in [0.5, 0.6) is 0 Å². The molecule has 0 N–H and O–H groups in total. The van der Waals surface area contributed by atoms with E-state index in [-0.39, 0.29) is 131 Å². The summed E-state index contributed by atoms with van der Waals surface area (Å²) in [5.74, 6) is 2.21. The van der Waals surface area contributed by atoms with Gasteiger partial charge in [-0.3, -0.25) is 0 Å². The van der Waals surface area contributed by atoms with Crippen molar-refractivity contribution in [1.29, 1.82) is 0 Å². The first-order chi connectivity index (χ1) is 40.7. The van der Waals surface area contributed by atoms with E-state index in [1.165, 1.54) is 0 Å². The number of aromatic nitrogens is 4. The van der Waals surface area contributed by atoms with E-state index in [1.807, 2.05) is 97.1 Å². The Morgan fingerprint density at radius 3 is 0.581 bits per heavy atom. The minimum absolute atomic E-state index is 0. The minimum atomic E-state index is 0. The number of fused-ring (bicyclic) bond motifs is 20. The number of ether oxygens (including phenoxy) is 14. The molecule has 0 saturated carbocycles. The largest absolute Gasteiger partial charge is 2.00 e. The first-order valence-electron chi connectivity index (χ1n) is 27.7. The van der Waals surface area contributed by atoms with E-state index in [9.17, 15) is 0 Å². The van der Waals surface area contributed by atoms with Gasteiger partial charge in [-0.2, -0.15) is 0 Å². The van der Waals surface area contributed by atoms with Crippen LogP contribution < -0.4 is 145 Å². The summed E-state index contributed by atoms with van der Waals surface area (Å²) >= 11 is 0. The fourth-order valence-electron chi connectivity index (χ4n) is 8.26. The van der Waals surface area contributed by atoms with E-state index in [0.717, 1.165) is 43.1 Å². The number of nitrogens with zero attached hydrogens (tertiary/aromatic N) is 8. The third-order valence-corrected chi connectivity index (χ3v) is 12.3. The number of hydrogen-bond acceptors (Lipinski definition) is 18. The van der Waals surface area contributed by atoms with Crippen molar-refractivity contribution in [3.63, 3.8) is 0 Å². The molecular formula is C60H74K2N8NbO15-4. The van der Waals surface area contributed by atoms with Crippen molar-refractivity contribution in [1.82, 2.24) is 19.9 Å². The summed E-state index contributed by atoms with van der Waals surface area (Å²) in [5, 5.41) is 7.15. The Bertz CT molecular complexity index is 2830. The molecule has 0 spiro atoms. The molecule has 0 unspecified atom stereocenters. The Morgan fingerprint density at radius 1 is 0.279 bits per heavy atom. The fraction of sp³-hybridized carbons (Fsp3) is 0.467. The standard InChI is InChI=1S/C32H16N8.2C12H24O6.C4H10O2.2K.Nb.O/c1-2-10-18-17(9-1)25-33-26(18)38-28-21-13-5-6-14-22(21)30(35-28)40-32-24-16-8-7-15-23(24)31(36-32)39-29-20-12-4-3-11-19(20)27(34-29)37-25;2*1-2-14-5-6-16-9-10-18-12-11-17-8-7-15-4-3-13-1;1-5-3-4-6-2;;;;/h1-16H;2*1-12H2;3-4H2,1-2H3;;;;/q-4;;;;2*+1;;-2. The molecule has 8 bridgehead atoms. The van der Waals surface area contributed by atoms with Crippen LogP contribution in [0, 0.1) is 0 Å². The summed E-state index contributed by atoms with van der Waals surface area (Å²) in [6, 6.07) is 31.8. The van der Waals surface area contributed by atoms with Gasteiger partial charge in [0.05, 0.1) is 172 Å². The van der Waals surface area contributed by atoms with Crippen LogP contribution in [0.4, 0.5) is 23.3 Å². The molecule has 86 heavy (non-hydrogen) atoms. The Hall–Kier alpha value is -2.35. The van der Waals surface area contributed by atoms with E-state index >= 15 is 0 Å². The third kappa shape index (κ3) is 25.4. The van der Waals surface area contributed by atoms with Crippen LogP contribution in [0.2, 0.25) is 0 Å². The molecule has 23 nitrogen and oxygen atoms in total. The van der Waals surface area contributed by atoms with E-state index in [0.29, 0.717) is 217 Å². The zero-order valence-electron chi connectivity index (χ0n) is 49.8. The first kappa shape index (κ1) is 76.1. The van der Waals surface area contributed by atoms with Crippen LogP contribution >= 0.6 is 0 Å². The Morgan fingerprint density at radius 2 is 0.430 bits per heavy atom. The molecule has 3 aliphatic rings. The summed E-state index contributed by atoms with van der Waals surface area (Å²) < 4.78 is 73.2. The van der Waals surface area contributed by atoms with Crippen molar-refractivity contribution in [3.05, 3.63) is 119 Å². The maximum absolute atomic E-state index is 5.33. The van der Waals surface area contributed by atoms with Gasteiger partial charge in [0.1, 0.15) is 0 Å². The van der Waals surface area contributed by atoms with Gasteiger partial charge >= 0.3 is 103 Å². The predicted molar refractivity (Wildman–Crippen MR) is 307 cm³/mol. The second-order valence-corrected chi connectivity index (χ2v) is 18.0. The first-order valence-corrected chi connectivity index (χ1v) is 27.7. The van der Waals surface area contributed by atoms with Gasteiger partial charge in [-0.05, 0) is 43.1 Å². The maximum Gasteiger partial charge on any atom is 1.00 e. The van der Waals surface area contributed by atoms with Crippen LogP contribution in [0.3, 0.4) is 0 Å². The van der Waals surface area contributed by atoms with Crippen molar-refractivity contribution in [3.8, 4) is 0 Å². The molecule has 2 fully saturated rings. The average molecular weight is 1320 g/mol. The topological polar surface area (TPSA) is 264 Å². The molecule has 3 aliphatic heterocycles. The summed E-state index contributed by atoms with van der Waals surface area (Å²) in [4.78, 5) is 39.3. The van der Waals surface area contributed by atoms with Crippen molar-refractivity contribution < 1.29 is 197 Å². The summed E-state index contributed by atoms with van der Waals surface area (Å²) in [6.45, 7) is 15.5. The van der Waals surface area contributed by atoms with E-state index in [2.05, 4.69) is 9.47 Å². The van der Waals surface area contributed by atoms with Gasteiger partial charge < -0.3 is 112 Å². The van der Waals surface area contributed by atoms with E-state index < -0.39 is 0 Å². The number of benzene rings is 4. The molecule has 1 radical (unpaired) electrons. The summed E-state index contributed by atoms with van der Waals surface area (Å²) in [5.41, 5.74) is 2.21. The van der Waals surface area contributed by atoms with E-state index in [4.69, 9.17) is 96.7 Å². The Kier molecular flexibility index (Phi) is 40.6. The van der Waals surface area contributed by atoms with Gasteiger partial charge in [-0.1, -0.05) is 97.1 Å². The monoisotopic (exact) mass is 1320 g/mol. The zero-order chi connectivity index (χ0) is 56.5. The van der Waals surface area contributed by atoms with Gasteiger partial charge in [0.2, 0.25) is 0 Å². The van der Waals surface area contributed by atoms with Gasteiger partial charge in [0.25, 0.3) is 0 Å². The Balaban J connectivity index is 0.000000291. The molecule has 7 heterocycles. The number of methoxy groups -OCH3 is 2. The zero-order valence-corrected chi connectivity index (χ0v) is 58.2. The van der Waals surface area contributed by atoms with Crippen LogP contribution in [-0.4, -0.2) is 186 Å². The van der Waals surface area contributed by atoms with Crippen LogP contribution in [0.15, 0.2) is 117 Å². The molecule has 4 aromatic carbocycles. The van der Waals surface area contributed by atoms with Crippen molar-refractivity contribution in [2.45, 2.75) is 0 Å². The molecule has 0 aliphatic carbocycles. The fourth-order valence-corrected chi connectivity index (χ4v) is 8.26. The van der Waals surface area contributed by atoms with Crippen molar-refractivity contribution >= 4 is 66.4 Å². The van der Waals surface area contributed by atoms with Crippen LogP contribution in [0.25, 0.3) is 43.1 Å². The molecule has 8 aromatic rings. The van der Waals surface area contributed by atoms with Crippen molar-refractivity contribution in [2.24, 2.45) is 20.0 Å². The van der Waals surface area contributed by atoms with Crippen LogP contribution in [0.1, 0.15) is 0 Å². The molecule has 4 aromatic heterocycles. The quantitative estimate of drug-likeness (QED) is 0.146. The second kappa shape index (κ2) is 45.8. The predicted octanol–water partition coefficient (Wildman–Crippen LogP) is -1.39. The average Bonchev–Trinajstić information content (AvgIpc) is 1.73. The normalized spacial score (nSPS) is 18.2. The summed E-state index contributed by atoms with van der Waals surface area (Å²) in [6.07, 6.45) is 0. The minimum Gasteiger partial charge on any atom is -2.00 e. The number of rotatable bonds is 3.